The van der Waals surface area contributed by atoms with Crippen molar-refractivity contribution in [3.63, 3.8) is 0 Å². The van der Waals surface area contributed by atoms with E-state index in [4.69, 9.17) is 4.74 Å². The number of nitrogens with one attached hydrogen (secondary N) is 2. The molecule has 1 aliphatic carbocycles. The van der Waals surface area contributed by atoms with Crippen LogP contribution in [0.5, 0.6) is 5.75 Å². The number of amides is 2. The first-order valence-corrected chi connectivity index (χ1v) is 8.25. The molecule has 25 heavy (non-hydrogen) atoms. The van der Waals surface area contributed by atoms with Crippen LogP contribution in [0.4, 0.5) is 4.79 Å². The van der Waals surface area contributed by atoms with Crippen molar-refractivity contribution < 1.29 is 9.53 Å². The lowest BCUT2D eigenvalue weighted by atomic mass is 10.1. The van der Waals surface area contributed by atoms with Gasteiger partial charge in [0, 0.05) is 6.20 Å². The highest BCUT2D eigenvalue weighted by molar-refractivity contribution is 5.74. The summed E-state index contributed by atoms with van der Waals surface area (Å²) in [4.78, 5) is 12.3. The number of pyridine rings is 1. The van der Waals surface area contributed by atoms with Gasteiger partial charge in [0.15, 0.2) is 11.5 Å². The van der Waals surface area contributed by atoms with Crippen molar-refractivity contribution in [3.05, 3.63) is 59.5 Å². The first kappa shape index (κ1) is 15.4. The third-order valence-corrected chi connectivity index (χ3v) is 4.54. The number of aromatic nitrogens is 3. The van der Waals surface area contributed by atoms with Crippen LogP contribution in [0.2, 0.25) is 0 Å². The summed E-state index contributed by atoms with van der Waals surface area (Å²) in [6.07, 6.45) is 3.65. The van der Waals surface area contributed by atoms with Gasteiger partial charge in [-0.2, -0.15) is 0 Å². The molecule has 2 amide bonds. The van der Waals surface area contributed by atoms with Crippen LogP contribution in [0, 0.1) is 0 Å². The predicted octanol–water partition coefficient (Wildman–Crippen LogP) is 2.22. The van der Waals surface area contributed by atoms with Gasteiger partial charge in [0.1, 0.15) is 5.75 Å². The topological polar surface area (TPSA) is 80.5 Å². The van der Waals surface area contributed by atoms with Crippen molar-refractivity contribution in [2.75, 3.05) is 7.11 Å². The normalized spacial score (nSPS) is 15.8. The molecular weight excluding hydrogens is 318 g/mol. The minimum atomic E-state index is -0.214. The lowest BCUT2D eigenvalue weighted by molar-refractivity contribution is 0.236. The van der Waals surface area contributed by atoms with Gasteiger partial charge in [0.2, 0.25) is 0 Å². The van der Waals surface area contributed by atoms with Gasteiger partial charge < -0.3 is 15.4 Å². The van der Waals surface area contributed by atoms with E-state index in [9.17, 15) is 4.79 Å². The molecule has 1 aromatic carbocycles. The molecule has 128 valence electrons. The maximum absolute atomic E-state index is 12.3. The smallest absolute Gasteiger partial charge is 0.315 e. The number of benzene rings is 1. The largest absolute Gasteiger partial charge is 0.496 e. The van der Waals surface area contributed by atoms with Crippen molar-refractivity contribution in [2.24, 2.45) is 0 Å². The second-order valence-corrected chi connectivity index (χ2v) is 5.99. The number of nitrogens with zero attached hydrogens (tertiary/aromatic N) is 3. The lowest BCUT2D eigenvalue weighted by Crippen LogP contribution is -2.37. The summed E-state index contributed by atoms with van der Waals surface area (Å²) in [6, 6.07) is 11.4. The third kappa shape index (κ3) is 2.88. The Bertz CT molecular complexity index is 921. The molecule has 1 unspecified atom stereocenters. The van der Waals surface area contributed by atoms with Gasteiger partial charge in [-0.1, -0.05) is 18.2 Å². The molecule has 1 aliphatic rings. The molecule has 0 aliphatic heterocycles. The van der Waals surface area contributed by atoms with Crippen molar-refractivity contribution in [1.82, 2.24) is 25.2 Å². The maximum atomic E-state index is 12.3. The number of methoxy groups -OCH3 is 1. The fourth-order valence-electron chi connectivity index (χ4n) is 3.34. The van der Waals surface area contributed by atoms with E-state index in [1.165, 1.54) is 5.56 Å². The van der Waals surface area contributed by atoms with Gasteiger partial charge in [-0.05, 0) is 42.2 Å². The van der Waals surface area contributed by atoms with Crippen molar-refractivity contribution in [1.29, 1.82) is 0 Å². The monoisotopic (exact) mass is 337 g/mol. The van der Waals surface area contributed by atoms with E-state index in [1.807, 2.05) is 47.0 Å². The van der Waals surface area contributed by atoms with Gasteiger partial charge in [-0.25, -0.2) is 4.79 Å². The zero-order valence-corrected chi connectivity index (χ0v) is 13.9. The summed E-state index contributed by atoms with van der Waals surface area (Å²) in [5, 5.41) is 14.1. The molecule has 7 heteroatoms. The van der Waals surface area contributed by atoms with Gasteiger partial charge >= 0.3 is 6.03 Å². The van der Waals surface area contributed by atoms with Gasteiger partial charge in [0.05, 0.1) is 19.7 Å². The number of carbonyl (C=O) groups excluding carboxylic acids is 1. The van der Waals surface area contributed by atoms with E-state index in [0.29, 0.717) is 12.4 Å². The Kier molecular flexibility index (Phi) is 3.97. The van der Waals surface area contributed by atoms with E-state index in [-0.39, 0.29) is 12.1 Å². The van der Waals surface area contributed by atoms with E-state index >= 15 is 0 Å². The molecule has 0 fully saturated rings. The highest BCUT2D eigenvalue weighted by Gasteiger charge is 2.26. The van der Waals surface area contributed by atoms with E-state index in [2.05, 4.69) is 20.8 Å². The quantitative estimate of drug-likeness (QED) is 0.765. The second-order valence-electron chi connectivity index (χ2n) is 5.99. The first-order chi connectivity index (χ1) is 12.3. The molecular formula is C18H19N5O2. The van der Waals surface area contributed by atoms with Crippen LogP contribution in [0.1, 0.15) is 29.4 Å². The number of fused-ring (bicyclic) bond motifs is 2. The molecule has 2 heterocycles. The number of ether oxygens (including phenoxy) is 1. The van der Waals surface area contributed by atoms with Crippen molar-refractivity contribution in [2.45, 2.75) is 25.4 Å². The first-order valence-electron chi connectivity index (χ1n) is 8.25. The van der Waals surface area contributed by atoms with E-state index < -0.39 is 0 Å². The highest BCUT2D eigenvalue weighted by Crippen LogP contribution is 2.36. The maximum Gasteiger partial charge on any atom is 0.315 e. The Hall–Kier alpha value is -3.09. The van der Waals surface area contributed by atoms with Crippen molar-refractivity contribution >= 4 is 11.7 Å². The fraction of sp³-hybridized carbons (Fsp3) is 0.278. The SMILES string of the molecule is COc1cccc2c1CCC2NC(=O)NCc1nnc2ccccn12. The Labute approximate surface area is 145 Å². The Morgan fingerprint density at radius 2 is 2.20 bits per heavy atom. The molecule has 0 bridgehead atoms. The van der Waals surface area contributed by atoms with Crippen LogP contribution in [-0.4, -0.2) is 27.7 Å². The van der Waals surface area contributed by atoms with Gasteiger partial charge in [-0.3, -0.25) is 4.40 Å². The lowest BCUT2D eigenvalue weighted by Gasteiger charge is -2.15. The third-order valence-electron chi connectivity index (χ3n) is 4.54. The molecule has 1 atom stereocenters. The molecule has 2 N–H and O–H groups in total. The van der Waals surface area contributed by atoms with Crippen LogP contribution in [0.15, 0.2) is 42.6 Å². The zero-order valence-electron chi connectivity index (χ0n) is 13.9. The van der Waals surface area contributed by atoms with E-state index in [1.54, 1.807) is 7.11 Å². The summed E-state index contributed by atoms with van der Waals surface area (Å²) in [5.74, 6) is 1.58. The number of rotatable bonds is 4. The molecule has 4 rings (SSSR count). The molecule has 3 aromatic rings. The van der Waals surface area contributed by atoms with Gasteiger partial charge in [0.25, 0.3) is 0 Å². The standard InChI is InChI=1S/C18H19N5O2/c1-25-15-6-4-5-12-13(15)8-9-14(12)20-18(24)19-11-17-22-21-16-7-2-3-10-23(16)17/h2-7,10,14H,8-9,11H2,1H3,(H2,19,20,24). The number of hydrogen-bond acceptors (Lipinski definition) is 4. The predicted molar refractivity (Wildman–Crippen MR) is 92.4 cm³/mol. The summed E-state index contributed by atoms with van der Waals surface area (Å²) in [5.41, 5.74) is 3.07. The Balaban J connectivity index is 1.41. The average molecular weight is 337 g/mol. The minimum Gasteiger partial charge on any atom is -0.496 e. The van der Waals surface area contributed by atoms with E-state index in [0.717, 1.165) is 29.8 Å². The zero-order chi connectivity index (χ0) is 17.2. The summed E-state index contributed by atoms with van der Waals surface area (Å²) in [6.45, 7) is 0.314. The van der Waals surface area contributed by atoms with Crippen LogP contribution in [0.3, 0.4) is 0 Å². The molecule has 0 spiro atoms. The van der Waals surface area contributed by atoms with Crippen molar-refractivity contribution in [3.8, 4) is 5.75 Å². The van der Waals surface area contributed by atoms with Crippen LogP contribution in [-0.2, 0) is 13.0 Å². The number of urea groups is 1. The molecule has 0 saturated carbocycles. The summed E-state index contributed by atoms with van der Waals surface area (Å²) < 4.78 is 7.26. The highest BCUT2D eigenvalue weighted by atomic mass is 16.5. The summed E-state index contributed by atoms with van der Waals surface area (Å²) in [7, 11) is 1.67. The van der Waals surface area contributed by atoms with Crippen LogP contribution < -0.4 is 15.4 Å². The second kappa shape index (κ2) is 6.43. The van der Waals surface area contributed by atoms with Gasteiger partial charge in [-0.15, -0.1) is 10.2 Å². The molecule has 2 aromatic heterocycles. The number of carbonyl (C=O) groups is 1. The Morgan fingerprint density at radius 3 is 3.08 bits per heavy atom. The number of hydrogen-bond donors (Lipinski definition) is 2. The van der Waals surface area contributed by atoms with Crippen LogP contribution >= 0.6 is 0 Å². The Morgan fingerprint density at radius 1 is 1.28 bits per heavy atom. The minimum absolute atomic E-state index is 0.000226. The molecule has 7 nitrogen and oxygen atoms in total. The summed E-state index contributed by atoms with van der Waals surface area (Å²) >= 11 is 0. The average Bonchev–Trinajstić information content (AvgIpc) is 3.24. The van der Waals surface area contributed by atoms with Crippen LogP contribution in [0.25, 0.3) is 5.65 Å². The fourth-order valence-corrected chi connectivity index (χ4v) is 3.34. The molecule has 0 saturated heterocycles. The molecule has 0 radical (unpaired) electrons.